The van der Waals surface area contributed by atoms with Crippen LogP contribution in [-0.4, -0.2) is 28.1 Å². The molecule has 1 aromatic carbocycles. The largest absolute Gasteiger partial charge is 0.330 e. The summed E-state index contributed by atoms with van der Waals surface area (Å²) in [5.74, 6) is -0.191. The first-order valence-corrected chi connectivity index (χ1v) is 9.00. The topological polar surface area (TPSA) is 102 Å². The maximum Gasteiger partial charge on any atom is 0.248 e. The van der Waals surface area contributed by atoms with Gasteiger partial charge in [-0.2, -0.15) is 5.10 Å². The van der Waals surface area contributed by atoms with E-state index >= 15 is 0 Å². The van der Waals surface area contributed by atoms with Gasteiger partial charge in [-0.05, 0) is 50.6 Å². The molecule has 2 rings (SSSR count). The fraction of sp³-hybridized carbons (Fsp3) is 0.421. The molecule has 0 saturated carbocycles. The molecule has 1 atom stereocenters. The van der Waals surface area contributed by atoms with E-state index in [-0.39, 0.29) is 24.2 Å². The third-order valence-corrected chi connectivity index (χ3v) is 4.07. The molecule has 8 heteroatoms. The predicted octanol–water partition coefficient (Wildman–Crippen LogP) is 3.35. The highest BCUT2D eigenvalue weighted by Crippen LogP contribution is 2.17. The maximum absolute atomic E-state index is 12.3. The number of rotatable bonds is 10. The first-order chi connectivity index (χ1) is 12.6. The molecule has 1 heterocycles. The van der Waals surface area contributed by atoms with Crippen LogP contribution in [0.25, 0.3) is 0 Å². The Labute approximate surface area is 166 Å². The van der Waals surface area contributed by atoms with Gasteiger partial charge < -0.3 is 16.4 Å². The number of nitrogens with one attached hydrogen (secondary N) is 2. The minimum Gasteiger partial charge on any atom is -0.330 e. The number of hydrogen-bond acceptors (Lipinski definition) is 4. The van der Waals surface area contributed by atoms with E-state index in [4.69, 9.17) is 5.73 Å². The van der Waals surface area contributed by atoms with Crippen LogP contribution in [0, 0.1) is 0 Å². The van der Waals surface area contributed by atoms with Crippen LogP contribution in [0.5, 0.6) is 0 Å². The smallest absolute Gasteiger partial charge is 0.248 e. The number of anilines is 2. The molecule has 2 amide bonds. The highest BCUT2D eigenvalue weighted by Gasteiger charge is 2.15. The second-order valence-corrected chi connectivity index (χ2v) is 6.23. The number of carbonyl (C=O) groups excluding carboxylic acids is 2. The highest BCUT2D eigenvalue weighted by molar-refractivity contribution is 5.95. The fourth-order valence-corrected chi connectivity index (χ4v) is 2.56. The normalized spacial score (nSPS) is 11.3. The van der Waals surface area contributed by atoms with Gasteiger partial charge in [-0.1, -0.05) is 18.9 Å². The minimum absolute atomic E-state index is 0. The second kappa shape index (κ2) is 12.1. The Bertz CT molecular complexity index is 706. The molecule has 0 aliphatic rings. The van der Waals surface area contributed by atoms with Crippen molar-refractivity contribution in [2.24, 2.45) is 5.73 Å². The van der Waals surface area contributed by atoms with Gasteiger partial charge in [-0.25, -0.2) is 0 Å². The zero-order chi connectivity index (χ0) is 18.8. The molecule has 0 spiro atoms. The van der Waals surface area contributed by atoms with E-state index in [1.165, 1.54) is 0 Å². The lowest BCUT2D eigenvalue weighted by atomic mass is 10.1. The summed E-state index contributed by atoms with van der Waals surface area (Å²) < 4.78 is 1.59. The fourth-order valence-electron chi connectivity index (χ4n) is 2.56. The quantitative estimate of drug-likeness (QED) is 0.538. The van der Waals surface area contributed by atoms with Crippen LogP contribution in [0.15, 0.2) is 42.7 Å². The lowest BCUT2D eigenvalue weighted by Gasteiger charge is -2.13. The number of amides is 2. The summed E-state index contributed by atoms with van der Waals surface area (Å²) in [7, 11) is 0. The molecular weight excluding hydrogens is 366 g/mol. The van der Waals surface area contributed by atoms with E-state index in [2.05, 4.69) is 15.7 Å². The van der Waals surface area contributed by atoms with Crippen LogP contribution >= 0.6 is 12.4 Å². The monoisotopic (exact) mass is 393 g/mol. The molecule has 1 aromatic heterocycles. The molecule has 0 bridgehead atoms. The van der Waals surface area contributed by atoms with Gasteiger partial charge in [0.25, 0.3) is 0 Å². The van der Waals surface area contributed by atoms with E-state index in [0.29, 0.717) is 24.3 Å². The van der Waals surface area contributed by atoms with Crippen molar-refractivity contribution in [3.8, 4) is 0 Å². The van der Waals surface area contributed by atoms with Crippen molar-refractivity contribution in [2.45, 2.75) is 45.1 Å². The molecule has 7 nitrogen and oxygen atoms in total. The minimum atomic E-state index is -0.420. The number of benzene rings is 1. The molecule has 0 fully saturated rings. The van der Waals surface area contributed by atoms with Crippen LogP contribution in [-0.2, 0) is 9.59 Å². The molecule has 0 aliphatic heterocycles. The molecule has 148 valence electrons. The van der Waals surface area contributed by atoms with Gasteiger partial charge in [0, 0.05) is 30.2 Å². The van der Waals surface area contributed by atoms with Gasteiger partial charge in [-0.3, -0.25) is 14.3 Å². The van der Waals surface area contributed by atoms with Gasteiger partial charge >= 0.3 is 0 Å². The average Bonchev–Trinajstić information content (AvgIpc) is 3.15. The second-order valence-electron chi connectivity index (χ2n) is 6.23. The summed E-state index contributed by atoms with van der Waals surface area (Å²) in [6.07, 6.45) is 7.78. The first-order valence-electron chi connectivity index (χ1n) is 9.00. The summed E-state index contributed by atoms with van der Waals surface area (Å²) in [6.45, 7) is 2.47. The summed E-state index contributed by atoms with van der Waals surface area (Å²) >= 11 is 0. The van der Waals surface area contributed by atoms with Gasteiger partial charge in [-0.15, -0.1) is 12.4 Å². The summed E-state index contributed by atoms with van der Waals surface area (Å²) in [5, 5.41) is 9.79. The van der Waals surface area contributed by atoms with Crippen LogP contribution in [0.2, 0.25) is 0 Å². The Hall–Kier alpha value is -2.38. The summed E-state index contributed by atoms with van der Waals surface area (Å²) in [5.41, 5.74) is 6.76. The Morgan fingerprint density at radius 3 is 2.48 bits per heavy atom. The molecule has 0 saturated heterocycles. The van der Waals surface area contributed by atoms with E-state index in [1.807, 2.05) is 0 Å². The van der Waals surface area contributed by atoms with Crippen molar-refractivity contribution in [2.75, 3.05) is 17.2 Å². The Kier molecular flexibility index (Phi) is 10.1. The maximum atomic E-state index is 12.3. The van der Waals surface area contributed by atoms with Crippen LogP contribution in [0.3, 0.4) is 0 Å². The van der Waals surface area contributed by atoms with Gasteiger partial charge in [0.15, 0.2) is 0 Å². The molecule has 4 N–H and O–H groups in total. The SMILES string of the molecule is CC(C(=O)Nc1cccc(NC(=O)CCCCCCN)c1)n1cccn1.Cl. The average molecular weight is 394 g/mol. The van der Waals surface area contributed by atoms with Crippen molar-refractivity contribution >= 4 is 35.6 Å². The Morgan fingerprint density at radius 1 is 1.11 bits per heavy atom. The summed E-state index contributed by atoms with van der Waals surface area (Å²) in [6, 6.07) is 8.49. The van der Waals surface area contributed by atoms with Crippen LogP contribution in [0.4, 0.5) is 11.4 Å². The number of carbonyl (C=O) groups is 2. The van der Waals surface area contributed by atoms with E-state index < -0.39 is 6.04 Å². The molecule has 27 heavy (non-hydrogen) atoms. The van der Waals surface area contributed by atoms with Crippen molar-refractivity contribution in [3.63, 3.8) is 0 Å². The predicted molar refractivity (Wildman–Crippen MR) is 110 cm³/mol. The van der Waals surface area contributed by atoms with E-state index in [1.54, 1.807) is 54.3 Å². The van der Waals surface area contributed by atoms with Crippen LogP contribution < -0.4 is 16.4 Å². The third kappa shape index (κ3) is 7.80. The Morgan fingerprint density at radius 2 is 1.81 bits per heavy atom. The van der Waals surface area contributed by atoms with Crippen molar-refractivity contribution in [1.29, 1.82) is 0 Å². The van der Waals surface area contributed by atoms with Crippen LogP contribution in [0.1, 0.15) is 45.1 Å². The standard InChI is InChI=1S/C19H27N5O2.ClH/c1-15(24-13-7-12-21-24)19(26)23-17-9-6-8-16(14-17)22-18(25)10-4-2-3-5-11-20;/h6-9,12-15H,2-5,10-11,20H2,1H3,(H,22,25)(H,23,26);1H. The zero-order valence-corrected chi connectivity index (χ0v) is 16.4. The van der Waals surface area contributed by atoms with Gasteiger partial charge in [0.05, 0.1) is 0 Å². The number of unbranched alkanes of at least 4 members (excludes halogenated alkanes) is 3. The first kappa shape index (κ1) is 22.7. The van der Waals surface area contributed by atoms with Crippen molar-refractivity contribution in [3.05, 3.63) is 42.7 Å². The molecule has 0 radical (unpaired) electrons. The third-order valence-electron chi connectivity index (χ3n) is 4.07. The lowest BCUT2D eigenvalue weighted by molar-refractivity contribution is -0.119. The summed E-state index contributed by atoms with van der Waals surface area (Å²) in [4.78, 5) is 24.3. The number of nitrogens with zero attached hydrogens (tertiary/aromatic N) is 2. The number of halogens is 1. The van der Waals surface area contributed by atoms with Crippen molar-refractivity contribution < 1.29 is 9.59 Å². The van der Waals surface area contributed by atoms with Crippen molar-refractivity contribution in [1.82, 2.24) is 9.78 Å². The van der Waals surface area contributed by atoms with E-state index in [0.717, 1.165) is 25.7 Å². The number of hydrogen-bond donors (Lipinski definition) is 3. The van der Waals surface area contributed by atoms with Gasteiger partial charge in [0.2, 0.25) is 11.8 Å². The Balaban J connectivity index is 0.00000364. The molecular formula is C19H28ClN5O2. The highest BCUT2D eigenvalue weighted by atomic mass is 35.5. The number of nitrogens with two attached hydrogens (primary N) is 1. The lowest BCUT2D eigenvalue weighted by Crippen LogP contribution is -2.24. The molecule has 2 aromatic rings. The molecule has 0 aliphatic carbocycles. The molecule has 1 unspecified atom stereocenters. The van der Waals surface area contributed by atoms with E-state index in [9.17, 15) is 9.59 Å². The van der Waals surface area contributed by atoms with Gasteiger partial charge in [0.1, 0.15) is 6.04 Å². The zero-order valence-electron chi connectivity index (χ0n) is 15.6. The number of aromatic nitrogens is 2.